The number of nitrogens with zero attached hydrogens (tertiary/aromatic N) is 1. The summed E-state index contributed by atoms with van der Waals surface area (Å²) in [5, 5.41) is 0. The van der Waals surface area contributed by atoms with Crippen LogP contribution >= 0.6 is 0 Å². The summed E-state index contributed by atoms with van der Waals surface area (Å²) in [4.78, 5) is 14.0. The second kappa shape index (κ2) is 5.01. The molecule has 5 heteroatoms. The van der Waals surface area contributed by atoms with Gasteiger partial charge >= 0.3 is 5.97 Å². The smallest absolute Gasteiger partial charge is 0.303 e. The summed E-state index contributed by atoms with van der Waals surface area (Å²) in [6, 6.07) is 4.20. The summed E-state index contributed by atoms with van der Waals surface area (Å²) < 4.78 is 17.7. The van der Waals surface area contributed by atoms with Crippen LogP contribution in [0.2, 0.25) is 0 Å². The molecule has 2 aliphatic heterocycles. The summed E-state index contributed by atoms with van der Waals surface area (Å²) in [7, 11) is 3.86. The second-order valence-corrected chi connectivity index (χ2v) is 7.86. The lowest BCUT2D eigenvalue weighted by Crippen LogP contribution is -2.65. The van der Waals surface area contributed by atoms with E-state index in [9.17, 15) is 4.79 Å². The molecule has 1 fully saturated rings. The first-order valence-electron chi connectivity index (χ1n) is 8.95. The molecule has 5 unspecified atom stereocenters. The van der Waals surface area contributed by atoms with E-state index in [2.05, 4.69) is 24.1 Å². The molecule has 0 N–H and O–H groups in total. The van der Waals surface area contributed by atoms with Crippen LogP contribution in [0, 0.1) is 11.8 Å². The Morgan fingerprint density at radius 1 is 1.36 bits per heavy atom. The normalized spacial score (nSPS) is 37.2. The molecule has 1 aromatic carbocycles. The molecule has 1 aromatic rings. The van der Waals surface area contributed by atoms with Gasteiger partial charge in [0.05, 0.1) is 12.5 Å². The Balaban J connectivity index is 1.74. The summed E-state index contributed by atoms with van der Waals surface area (Å²) in [6.45, 7) is 3.46. The molecular weight excluding hydrogens is 318 g/mol. The molecule has 2 heterocycles. The van der Waals surface area contributed by atoms with Crippen LogP contribution in [0.25, 0.3) is 0 Å². The molecule has 5 nitrogen and oxygen atoms in total. The number of rotatable bonds is 2. The lowest BCUT2D eigenvalue weighted by Gasteiger charge is -2.56. The molecule has 2 bridgehead atoms. The number of carbonyl (C=O) groups is 1. The second-order valence-electron chi connectivity index (χ2n) is 7.86. The fourth-order valence-electron chi connectivity index (χ4n) is 5.80. The summed E-state index contributed by atoms with van der Waals surface area (Å²) in [6.07, 6.45) is 4.83. The van der Waals surface area contributed by atoms with E-state index in [4.69, 9.17) is 14.2 Å². The molecule has 1 saturated heterocycles. The minimum Gasteiger partial charge on any atom is -0.493 e. The van der Waals surface area contributed by atoms with Crippen LogP contribution in [0.3, 0.4) is 0 Å². The van der Waals surface area contributed by atoms with Crippen LogP contribution in [0.15, 0.2) is 24.3 Å². The molecule has 5 atom stereocenters. The molecule has 2 aliphatic carbocycles. The highest BCUT2D eigenvalue weighted by Gasteiger charge is 2.65. The van der Waals surface area contributed by atoms with Gasteiger partial charge in [-0.15, -0.1) is 0 Å². The number of esters is 1. The van der Waals surface area contributed by atoms with Crippen molar-refractivity contribution < 1.29 is 19.0 Å². The zero-order chi connectivity index (χ0) is 17.3. The zero-order valence-corrected chi connectivity index (χ0v) is 14.8. The van der Waals surface area contributed by atoms with Crippen molar-refractivity contribution in [3.05, 3.63) is 35.4 Å². The van der Waals surface area contributed by atoms with Crippen LogP contribution in [0.5, 0.6) is 11.5 Å². The summed E-state index contributed by atoms with van der Waals surface area (Å²) in [5.74, 6) is 2.33. The molecule has 0 amide bonds. The van der Waals surface area contributed by atoms with Gasteiger partial charge in [0, 0.05) is 25.6 Å². The molecule has 1 spiro atoms. The number of methoxy groups -OCH3 is 1. The van der Waals surface area contributed by atoms with E-state index >= 15 is 0 Å². The summed E-state index contributed by atoms with van der Waals surface area (Å²) >= 11 is 0. The molecular formula is C20H23NO4. The van der Waals surface area contributed by atoms with Crippen LogP contribution < -0.4 is 9.47 Å². The van der Waals surface area contributed by atoms with E-state index in [1.54, 1.807) is 7.11 Å². The number of ether oxygens (including phenoxy) is 3. The number of benzene rings is 1. The van der Waals surface area contributed by atoms with E-state index in [1.807, 2.05) is 12.1 Å². The molecule has 5 rings (SSSR count). The maximum absolute atomic E-state index is 11.6. The third-order valence-corrected chi connectivity index (χ3v) is 6.42. The first-order valence-corrected chi connectivity index (χ1v) is 8.95. The third-order valence-electron chi connectivity index (χ3n) is 6.42. The molecule has 0 saturated carbocycles. The van der Waals surface area contributed by atoms with E-state index in [-0.39, 0.29) is 23.6 Å². The van der Waals surface area contributed by atoms with Crippen molar-refractivity contribution in [1.29, 1.82) is 0 Å². The average Bonchev–Trinajstić information content (AvgIpc) is 2.89. The van der Waals surface area contributed by atoms with Gasteiger partial charge < -0.3 is 19.1 Å². The van der Waals surface area contributed by atoms with Gasteiger partial charge in [-0.3, -0.25) is 4.79 Å². The lowest BCUT2D eigenvalue weighted by molar-refractivity contribution is -0.152. The van der Waals surface area contributed by atoms with Gasteiger partial charge in [0.2, 0.25) is 0 Å². The Morgan fingerprint density at radius 3 is 2.96 bits per heavy atom. The Morgan fingerprint density at radius 2 is 2.20 bits per heavy atom. The van der Waals surface area contributed by atoms with Crippen molar-refractivity contribution in [3.63, 3.8) is 0 Å². The van der Waals surface area contributed by atoms with Crippen molar-refractivity contribution >= 4 is 5.97 Å². The molecule has 0 aromatic heterocycles. The van der Waals surface area contributed by atoms with Crippen LogP contribution in [0.4, 0.5) is 0 Å². The van der Waals surface area contributed by atoms with Crippen LogP contribution in [-0.2, 0) is 21.4 Å². The molecule has 132 valence electrons. The fourth-order valence-corrected chi connectivity index (χ4v) is 5.80. The minimum atomic E-state index is -0.357. The van der Waals surface area contributed by atoms with E-state index in [0.29, 0.717) is 11.8 Å². The van der Waals surface area contributed by atoms with Gasteiger partial charge in [-0.1, -0.05) is 12.1 Å². The SMILES string of the molecule is COc1ccc2c3c1OC1C(OC(C)=O)C=CC4C(C2)CN(C)CC341. The fraction of sp³-hybridized carbons (Fsp3) is 0.550. The number of hydrogen-bond donors (Lipinski definition) is 0. The monoisotopic (exact) mass is 341 g/mol. The third kappa shape index (κ3) is 1.85. The van der Waals surface area contributed by atoms with Crippen molar-refractivity contribution in [2.45, 2.75) is 31.0 Å². The van der Waals surface area contributed by atoms with Crippen molar-refractivity contribution in [1.82, 2.24) is 4.90 Å². The predicted molar refractivity (Wildman–Crippen MR) is 92.0 cm³/mol. The minimum absolute atomic E-state index is 0.163. The Bertz CT molecular complexity index is 788. The highest BCUT2D eigenvalue weighted by Crippen LogP contribution is 2.62. The van der Waals surface area contributed by atoms with E-state index in [1.165, 1.54) is 18.1 Å². The predicted octanol–water partition coefficient (Wildman–Crippen LogP) is 1.93. The highest BCUT2D eigenvalue weighted by molar-refractivity contribution is 5.67. The van der Waals surface area contributed by atoms with Crippen molar-refractivity contribution in [2.75, 3.05) is 27.2 Å². The van der Waals surface area contributed by atoms with Gasteiger partial charge in [-0.05, 0) is 43.0 Å². The maximum Gasteiger partial charge on any atom is 0.303 e. The molecule has 0 radical (unpaired) electrons. The van der Waals surface area contributed by atoms with Crippen LogP contribution in [0.1, 0.15) is 18.1 Å². The number of likely N-dealkylation sites (N-methyl/N-ethyl adjacent to an activating group) is 1. The first-order chi connectivity index (χ1) is 12.0. The number of likely N-dealkylation sites (tertiary alicyclic amines) is 1. The van der Waals surface area contributed by atoms with Gasteiger partial charge in [0.25, 0.3) is 0 Å². The van der Waals surface area contributed by atoms with Gasteiger partial charge in [0.1, 0.15) is 0 Å². The number of piperidine rings is 1. The Kier molecular flexibility index (Phi) is 3.06. The number of hydrogen-bond acceptors (Lipinski definition) is 5. The topological polar surface area (TPSA) is 48.0 Å². The Labute approximate surface area is 147 Å². The van der Waals surface area contributed by atoms with Crippen LogP contribution in [-0.4, -0.2) is 50.3 Å². The average molecular weight is 341 g/mol. The Hall–Kier alpha value is -2.01. The van der Waals surface area contributed by atoms with Gasteiger partial charge in [-0.25, -0.2) is 0 Å². The van der Waals surface area contributed by atoms with Gasteiger partial charge in [0.15, 0.2) is 23.7 Å². The number of carbonyl (C=O) groups excluding carboxylic acids is 1. The highest BCUT2D eigenvalue weighted by atomic mass is 16.6. The van der Waals surface area contributed by atoms with E-state index in [0.717, 1.165) is 31.0 Å². The zero-order valence-electron chi connectivity index (χ0n) is 14.8. The van der Waals surface area contributed by atoms with Crippen molar-refractivity contribution in [2.24, 2.45) is 11.8 Å². The quantitative estimate of drug-likeness (QED) is 0.608. The maximum atomic E-state index is 11.6. The molecule has 25 heavy (non-hydrogen) atoms. The van der Waals surface area contributed by atoms with E-state index < -0.39 is 0 Å². The van der Waals surface area contributed by atoms with Gasteiger partial charge in [-0.2, -0.15) is 0 Å². The summed E-state index contributed by atoms with van der Waals surface area (Å²) in [5.41, 5.74) is 2.49. The number of allylic oxidation sites excluding steroid dienone is 1. The molecule has 4 aliphatic rings. The standard InChI is InChI=1S/C20H23NO4/c1-11(22)24-16-7-5-14-13-8-12-4-6-15(23-3)18-17(12)20(14,19(16)25-18)10-21(2)9-13/h4-7,13-14,16,19H,8-10H2,1-3H3. The first kappa shape index (κ1) is 15.3. The van der Waals surface area contributed by atoms with Crippen molar-refractivity contribution in [3.8, 4) is 11.5 Å². The largest absolute Gasteiger partial charge is 0.493 e. The lowest BCUT2D eigenvalue weighted by atomic mass is 9.53.